The summed E-state index contributed by atoms with van der Waals surface area (Å²) in [7, 11) is -3.66. The highest BCUT2D eigenvalue weighted by Gasteiger charge is 2.16. The molecule has 0 saturated heterocycles. The topological polar surface area (TPSA) is 98.0 Å². The summed E-state index contributed by atoms with van der Waals surface area (Å²) in [6, 6.07) is 38.6. The highest BCUT2D eigenvalue weighted by molar-refractivity contribution is 7.92. The van der Waals surface area contributed by atoms with Gasteiger partial charge in [0.2, 0.25) is 5.95 Å². The van der Waals surface area contributed by atoms with Crippen molar-refractivity contribution in [1.29, 1.82) is 0 Å². The van der Waals surface area contributed by atoms with Crippen LogP contribution in [-0.2, 0) is 10.0 Å². The Bertz CT molecular complexity index is 2300. The summed E-state index contributed by atoms with van der Waals surface area (Å²) in [5, 5.41) is 13.6. The lowest BCUT2D eigenvalue weighted by Crippen LogP contribution is -2.14. The first-order valence-corrected chi connectivity index (χ1v) is 14.6. The molecule has 41 heavy (non-hydrogen) atoms. The van der Waals surface area contributed by atoms with Crippen LogP contribution in [0.4, 0.5) is 11.6 Å². The van der Waals surface area contributed by atoms with E-state index in [1.165, 1.54) is 90.5 Å². The Morgan fingerprint density at radius 1 is 0.537 bits per heavy atom. The van der Waals surface area contributed by atoms with E-state index in [4.69, 9.17) is 5.73 Å². The number of nitrogens with two attached hydrogens (primary N) is 1. The molecule has 0 spiro atoms. The zero-order valence-corrected chi connectivity index (χ0v) is 22.6. The quantitative estimate of drug-likeness (QED) is 0.133. The van der Waals surface area contributed by atoms with Gasteiger partial charge in [0.15, 0.2) is 0 Å². The summed E-state index contributed by atoms with van der Waals surface area (Å²) in [6.07, 6.45) is 2.90. The summed E-state index contributed by atoms with van der Waals surface area (Å²) < 4.78 is 26.0. The van der Waals surface area contributed by atoms with Crippen LogP contribution in [-0.4, -0.2) is 18.4 Å². The fourth-order valence-corrected chi connectivity index (χ4v) is 6.51. The number of nitrogens with one attached hydrogen (secondary N) is 1. The smallest absolute Gasteiger partial charge is 0.264 e. The van der Waals surface area contributed by atoms with Crippen LogP contribution in [0.2, 0.25) is 0 Å². The molecule has 8 rings (SSSR count). The van der Waals surface area contributed by atoms with Crippen molar-refractivity contribution in [3.05, 3.63) is 128 Å². The Morgan fingerprint density at radius 3 is 1.93 bits per heavy atom. The van der Waals surface area contributed by atoms with E-state index in [1.54, 1.807) is 6.07 Å². The number of benzene rings is 7. The van der Waals surface area contributed by atoms with Crippen molar-refractivity contribution < 1.29 is 8.42 Å². The summed E-state index contributed by atoms with van der Waals surface area (Å²) in [5.74, 6) is 0.0318. The molecule has 0 aliphatic rings. The van der Waals surface area contributed by atoms with Crippen molar-refractivity contribution in [2.45, 2.75) is 4.90 Å². The number of sulfonamides is 1. The highest BCUT2D eigenvalue weighted by Crippen LogP contribution is 2.43. The predicted molar refractivity (Wildman–Crippen MR) is 169 cm³/mol. The molecular weight excluding hydrogens is 528 g/mol. The largest absolute Gasteiger partial charge is 0.399 e. The minimum Gasteiger partial charge on any atom is -0.399 e. The van der Waals surface area contributed by atoms with Gasteiger partial charge in [-0.05, 0) is 90.3 Å². The normalized spacial score (nSPS) is 11.7. The van der Waals surface area contributed by atoms with Gasteiger partial charge in [0, 0.05) is 18.1 Å². The molecule has 198 valence electrons. The molecule has 0 radical (unpaired) electrons. The Kier molecular flexibility index (Phi) is 5.87. The summed E-state index contributed by atoms with van der Waals surface area (Å²) in [4.78, 5) is 7.67. The van der Waals surface area contributed by atoms with Gasteiger partial charge in [-0.1, -0.05) is 78.9 Å². The molecule has 7 aromatic carbocycles. The standard InChI is InChI=1S/C24H14.C10H10N4O2S/c1-2-8-18-16(6-1)14-17-13-12-15-7-5-11-20-19-9-3-4-10-21(19)24(18)23(17)22(15)20;11-8-2-4-9(5-3-8)17(15,16)14-10-12-6-1-7-13-10/h1-14H;1-7H,11H2,(H,12,13,14). The molecule has 0 bridgehead atoms. The molecule has 1 aromatic heterocycles. The summed E-state index contributed by atoms with van der Waals surface area (Å²) in [6.45, 7) is 0. The van der Waals surface area contributed by atoms with Crippen LogP contribution in [0.15, 0.2) is 133 Å². The third-order valence-corrected chi connectivity index (χ3v) is 8.68. The van der Waals surface area contributed by atoms with Crippen molar-refractivity contribution in [2.75, 3.05) is 10.5 Å². The second kappa shape index (κ2) is 9.73. The molecule has 1 heterocycles. The second-order valence-electron chi connectivity index (χ2n) is 9.83. The molecule has 0 aliphatic heterocycles. The van der Waals surface area contributed by atoms with Crippen LogP contribution in [0.3, 0.4) is 0 Å². The number of hydrogen-bond donors (Lipinski definition) is 2. The number of anilines is 2. The first kappa shape index (κ1) is 24.7. The van der Waals surface area contributed by atoms with Gasteiger partial charge in [0.25, 0.3) is 10.0 Å². The monoisotopic (exact) mass is 552 g/mol. The average molecular weight is 553 g/mol. The second-order valence-corrected chi connectivity index (χ2v) is 11.5. The van der Waals surface area contributed by atoms with Gasteiger partial charge in [-0.25, -0.2) is 23.1 Å². The molecule has 3 N–H and O–H groups in total. The van der Waals surface area contributed by atoms with E-state index >= 15 is 0 Å². The SMILES string of the molecule is Nc1ccc(S(=O)(=O)Nc2ncccn2)cc1.c1ccc2c(c1)cc1ccc3cccc4c5ccccc5c2c1c34. The molecule has 0 atom stereocenters. The van der Waals surface area contributed by atoms with Gasteiger partial charge >= 0.3 is 0 Å². The number of aromatic nitrogens is 2. The maximum atomic E-state index is 11.9. The van der Waals surface area contributed by atoms with Gasteiger partial charge in [-0.3, -0.25) is 0 Å². The lowest BCUT2D eigenvalue weighted by Gasteiger charge is -2.16. The average Bonchev–Trinajstić information content (AvgIpc) is 3.00. The molecule has 0 amide bonds. The maximum Gasteiger partial charge on any atom is 0.264 e. The number of nitrogens with zero attached hydrogens (tertiary/aromatic N) is 2. The van der Waals surface area contributed by atoms with E-state index in [2.05, 4.69) is 99.6 Å². The van der Waals surface area contributed by atoms with Gasteiger partial charge < -0.3 is 5.73 Å². The van der Waals surface area contributed by atoms with E-state index in [1.807, 2.05) is 0 Å². The van der Waals surface area contributed by atoms with Gasteiger partial charge in [-0.2, -0.15) is 0 Å². The van der Waals surface area contributed by atoms with Crippen molar-refractivity contribution in [3.8, 4) is 0 Å². The fraction of sp³-hybridized carbons (Fsp3) is 0. The Labute approximate surface area is 236 Å². The van der Waals surface area contributed by atoms with Gasteiger partial charge in [0.1, 0.15) is 0 Å². The van der Waals surface area contributed by atoms with Crippen molar-refractivity contribution in [1.82, 2.24) is 9.97 Å². The third-order valence-electron chi connectivity index (χ3n) is 7.34. The lowest BCUT2D eigenvalue weighted by atomic mass is 9.87. The molecular formula is C34H24N4O2S. The van der Waals surface area contributed by atoms with Crippen molar-refractivity contribution in [3.63, 3.8) is 0 Å². The van der Waals surface area contributed by atoms with Crippen LogP contribution >= 0.6 is 0 Å². The first-order valence-electron chi connectivity index (χ1n) is 13.1. The Hall–Kier alpha value is -5.27. The van der Waals surface area contributed by atoms with E-state index in [9.17, 15) is 8.42 Å². The maximum absolute atomic E-state index is 11.9. The van der Waals surface area contributed by atoms with Crippen LogP contribution < -0.4 is 10.5 Å². The molecule has 0 unspecified atom stereocenters. The zero-order chi connectivity index (χ0) is 28.0. The molecule has 7 heteroatoms. The van der Waals surface area contributed by atoms with Crippen LogP contribution in [0, 0.1) is 0 Å². The number of rotatable bonds is 3. The van der Waals surface area contributed by atoms with E-state index < -0.39 is 10.0 Å². The molecule has 6 nitrogen and oxygen atoms in total. The molecule has 0 fully saturated rings. The molecule has 8 aromatic rings. The molecule has 0 aliphatic carbocycles. The van der Waals surface area contributed by atoms with Crippen LogP contribution in [0.25, 0.3) is 53.9 Å². The number of nitrogen functional groups attached to an aromatic ring is 1. The van der Waals surface area contributed by atoms with Gasteiger partial charge in [0.05, 0.1) is 4.90 Å². The Balaban J connectivity index is 0.000000144. The third kappa shape index (κ3) is 4.33. The minimum absolute atomic E-state index is 0.0318. The predicted octanol–water partition coefficient (Wildman–Crippen LogP) is 7.75. The molecule has 0 saturated carbocycles. The fourth-order valence-electron chi connectivity index (χ4n) is 5.56. The zero-order valence-electron chi connectivity index (χ0n) is 21.8. The van der Waals surface area contributed by atoms with E-state index in [0.717, 1.165) is 0 Å². The summed E-state index contributed by atoms with van der Waals surface area (Å²) in [5.41, 5.74) is 5.98. The van der Waals surface area contributed by atoms with Gasteiger partial charge in [-0.15, -0.1) is 0 Å². The Morgan fingerprint density at radius 2 is 1.15 bits per heavy atom. The first-order chi connectivity index (χ1) is 20.0. The van der Waals surface area contributed by atoms with Crippen molar-refractivity contribution in [2.24, 2.45) is 0 Å². The van der Waals surface area contributed by atoms with Crippen LogP contribution in [0.5, 0.6) is 0 Å². The number of fused-ring (bicyclic) bond motifs is 5. The highest BCUT2D eigenvalue weighted by atomic mass is 32.2. The number of hydrogen-bond acceptors (Lipinski definition) is 5. The minimum atomic E-state index is -3.66. The lowest BCUT2D eigenvalue weighted by molar-refractivity contribution is 0.601. The van der Waals surface area contributed by atoms with Crippen LogP contribution in [0.1, 0.15) is 0 Å². The van der Waals surface area contributed by atoms with Crippen molar-refractivity contribution >= 4 is 75.5 Å². The van der Waals surface area contributed by atoms with E-state index in [-0.39, 0.29) is 10.8 Å². The van der Waals surface area contributed by atoms with E-state index in [0.29, 0.717) is 5.69 Å². The summed E-state index contributed by atoms with van der Waals surface area (Å²) >= 11 is 0.